The smallest absolute Gasteiger partial charge is 0.191 e. The molecule has 9 heteroatoms. The van der Waals surface area contributed by atoms with Crippen molar-refractivity contribution < 1.29 is 4.74 Å². The SMILES string of the molecule is Cc1nnc(CN=C(NCCc2cccs2)NC2CCOC3(CCCC3)C2)n1C.I. The van der Waals surface area contributed by atoms with Crippen LogP contribution in [0.4, 0.5) is 0 Å². The van der Waals surface area contributed by atoms with E-state index in [-0.39, 0.29) is 29.6 Å². The van der Waals surface area contributed by atoms with Crippen LogP contribution in [0.2, 0.25) is 0 Å². The molecular formula is C21H33IN6OS. The third-order valence-electron chi connectivity index (χ3n) is 6.15. The average Bonchev–Trinajstić information content (AvgIpc) is 3.45. The number of halogens is 1. The number of nitrogens with one attached hydrogen (secondary N) is 2. The fourth-order valence-corrected chi connectivity index (χ4v) is 5.07. The van der Waals surface area contributed by atoms with Crippen LogP contribution < -0.4 is 10.6 Å². The Morgan fingerprint density at radius 3 is 2.90 bits per heavy atom. The number of ether oxygens (including phenoxy) is 1. The first kappa shape index (κ1) is 23.5. The van der Waals surface area contributed by atoms with Gasteiger partial charge in [-0.05, 0) is 50.5 Å². The van der Waals surface area contributed by atoms with Crippen LogP contribution in [0.25, 0.3) is 0 Å². The number of hydrogen-bond acceptors (Lipinski definition) is 5. The van der Waals surface area contributed by atoms with Gasteiger partial charge in [0.1, 0.15) is 12.4 Å². The fraction of sp³-hybridized carbons (Fsp3) is 0.667. The fourth-order valence-electron chi connectivity index (χ4n) is 4.36. The van der Waals surface area contributed by atoms with Crippen molar-refractivity contribution in [3.05, 3.63) is 34.0 Å². The Morgan fingerprint density at radius 2 is 2.20 bits per heavy atom. The van der Waals surface area contributed by atoms with Gasteiger partial charge in [-0.15, -0.1) is 45.5 Å². The Kier molecular flexibility index (Phi) is 8.52. The van der Waals surface area contributed by atoms with Crippen LogP contribution in [0.15, 0.2) is 22.5 Å². The first-order valence-electron chi connectivity index (χ1n) is 10.7. The maximum absolute atomic E-state index is 6.20. The Hall–Kier alpha value is -1.20. The molecule has 1 spiro atoms. The van der Waals surface area contributed by atoms with E-state index in [4.69, 9.17) is 9.73 Å². The Balaban J connectivity index is 0.00000256. The molecule has 1 saturated heterocycles. The van der Waals surface area contributed by atoms with E-state index < -0.39 is 0 Å². The number of nitrogens with zero attached hydrogens (tertiary/aromatic N) is 4. The number of hydrogen-bond donors (Lipinski definition) is 2. The molecule has 2 aliphatic rings. The van der Waals surface area contributed by atoms with Crippen molar-refractivity contribution in [2.24, 2.45) is 12.0 Å². The molecule has 1 atom stereocenters. The third-order valence-corrected chi connectivity index (χ3v) is 7.09. The lowest BCUT2D eigenvalue weighted by Crippen LogP contribution is -2.51. The van der Waals surface area contributed by atoms with Crippen molar-refractivity contribution in [3.8, 4) is 0 Å². The molecule has 0 aromatic carbocycles. The number of aromatic nitrogens is 3. The second kappa shape index (κ2) is 10.9. The highest BCUT2D eigenvalue weighted by Gasteiger charge is 2.40. The van der Waals surface area contributed by atoms with Gasteiger partial charge in [0, 0.05) is 31.1 Å². The lowest BCUT2D eigenvalue weighted by atomic mass is 9.89. The molecule has 2 aromatic heterocycles. The first-order chi connectivity index (χ1) is 14.1. The van der Waals surface area contributed by atoms with Gasteiger partial charge in [-0.25, -0.2) is 4.99 Å². The molecule has 2 N–H and O–H groups in total. The Labute approximate surface area is 200 Å². The minimum absolute atomic E-state index is 0. The van der Waals surface area contributed by atoms with E-state index in [2.05, 4.69) is 38.3 Å². The molecule has 2 fully saturated rings. The van der Waals surface area contributed by atoms with E-state index in [0.717, 1.165) is 50.0 Å². The lowest BCUT2D eigenvalue weighted by molar-refractivity contribution is -0.0815. The normalized spacial score (nSPS) is 20.9. The van der Waals surface area contributed by atoms with Crippen LogP contribution >= 0.6 is 35.3 Å². The summed E-state index contributed by atoms with van der Waals surface area (Å²) in [7, 11) is 1.99. The molecule has 2 aromatic rings. The maximum Gasteiger partial charge on any atom is 0.191 e. The highest BCUT2D eigenvalue weighted by Crippen LogP contribution is 2.39. The summed E-state index contributed by atoms with van der Waals surface area (Å²) in [5.41, 5.74) is 0.0959. The molecular weight excluding hydrogens is 511 g/mol. The van der Waals surface area contributed by atoms with Crippen molar-refractivity contribution in [1.29, 1.82) is 0 Å². The summed E-state index contributed by atoms with van der Waals surface area (Å²) in [5, 5.41) is 17.7. The predicted octanol–water partition coefficient (Wildman–Crippen LogP) is 3.57. The van der Waals surface area contributed by atoms with E-state index in [1.54, 1.807) is 11.3 Å². The average molecular weight is 545 g/mol. The van der Waals surface area contributed by atoms with Crippen LogP contribution in [0.1, 0.15) is 55.1 Å². The van der Waals surface area contributed by atoms with Gasteiger partial charge >= 0.3 is 0 Å². The molecule has 30 heavy (non-hydrogen) atoms. The van der Waals surface area contributed by atoms with Crippen molar-refractivity contribution in [2.75, 3.05) is 13.2 Å². The topological polar surface area (TPSA) is 76.4 Å². The molecule has 0 amide bonds. The number of thiophene rings is 1. The molecule has 3 heterocycles. The quantitative estimate of drug-likeness (QED) is 0.331. The van der Waals surface area contributed by atoms with Gasteiger partial charge < -0.3 is 19.9 Å². The van der Waals surface area contributed by atoms with Gasteiger partial charge in [0.2, 0.25) is 0 Å². The Bertz CT molecular complexity index is 816. The summed E-state index contributed by atoms with van der Waals surface area (Å²) in [6, 6.07) is 4.68. The van der Waals surface area contributed by atoms with Crippen molar-refractivity contribution in [3.63, 3.8) is 0 Å². The summed E-state index contributed by atoms with van der Waals surface area (Å²) < 4.78 is 8.19. The molecule has 1 unspecified atom stereocenters. The Morgan fingerprint density at radius 1 is 1.37 bits per heavy atom. The number of aryl methyl sites for hydroxylation is 1. The summed E-state index contributed by atoms with van der Waals surface area (Å²) in [6.45, 7) is 4.17. The van der Waals surface area contributed by atoms with Gasteiger partial charge in [0.05, 0.1) is 5.60 Å². The monoisotopic (exact) mass is 544 g/mol. The summed E-state index contributed by atoms with van der Waals surface area (Å²) in [4.78, 5) is 6.22. The van der Waals surface area contributed by atoms with Gasteiger partial charge in [0.15, 0.2) is 11.8 Å². The molecule has 7 nitrogen and oxygen atoms in total. The maximum atomic E-state index is 6.20. The van der Waals surface area contributed by atoms with E-state index >= 15 is 0 Å². The molecule has 1 saturated carbocycles. The van der Waals surface area contributed by atoms with Gasteiger partial charge in [-0.1, -0.05) is 18.9 Å². The van der Waals surface area contributed by atoms with E-state index in [9.17, 15) is 0 Å². The van der Waals surface area contributed by atoms with Gasteiger partial charge in [-0.2, -0.15) is 0 Å². The zero-order valence-electron chi connectivity index (χ0n) is 17.9. The van der Waals surface area contributed by atoms with Gasteiger partial charge in [0.25, 0.3) is 0 Å². The largest absolute Gasteiger partial charge is 0.375 e. The molecule has 166 valence electrons. The van der Waals surface area contributed by atoms with Crippen LogP contribution in [-0.4, -0.2) is 45.5 Å². The van der Waals surface area contributed by atoms with Crippen LogP contribution in [0.5, 0.6) is 0 Å². The summed E-state index contributed by atoms with van der Waals surface area (Å²) in [5.74, 6) is 2.64. The molecule has 0 bridgehead atoms. The molecule has 1 aliphatic carbocycles. The standard InChI is InChI=1S/C21H32N6OS.HI/c1-16-25-26-19(27(16)2)15-23-20(22-11-7-18-6-5-13-29-18)24-17-8-12-28-21(14-17)9-3-4-10-21;/h5-6,13,17H,3-4,7-12,14-15H2,1-2H3,(H2,22,23,24);1H. The van der Waals surface area contributed by atoms with E-state index in [1.165, 1.54) is 30.6 Å². The van der Waals surface area contributed by atoms with Gasteiger partial charge in [-0.3, -0.25) is 0 Å². The molecule has 1 aliphatic heterocycles. The summed E-state index contributed by atoms with van der Waals surface area (Å²) >= 11 is 1.80. The minimum Gasteiger partial charge on any atom is -0.375 e. The lowest BCUT2D eigenvalue weighted by Gasteiger charge is -2.39. The second-order valence-corrected chi connectivity index (χ2v) is 9.25. The zero-order chi connectivity index (χ0) is 20.1. The predicted molar refractivity (Wildman–Crippen MR) is 132 cm³/mol. The van der Waals surface area contributed by atoms with E-state index in [1.807, 2.05) is 18.5 Å². The zero-order valence-corrected chi connectivity index (χ0v) is 21.0. The van der Waals surface area contributed by atoms with Crippen molar-refractivity contribution in [1.82, 2.24) is 25.4 Å². The van der Waals surface area contributed by atoms with Crippen LogP contribution in [0, 0.1) is 6.92 Å². The molecule has 0 radical (unpaired) electrons. The van der Waals surface area contributed by atoms with Crippen LogP contribution in [-0.2, 0) is 24.8 Å². The number of aliphatic imine (C=N–C) groups is 1. The number of guanidine groups is 1. The first-order valence-corrected chi connectivity index (χ1v) is 11.6. The summed E-state index contributed by atoms with van der Waals surface area (Å²) in [6.07, 6.45) is 8.07. The highest BCUT2D eigenvalue weighted by molar-refractivity contribution is 14.0. The van der Waals surface area contributed by atoms with E-state index in [0.29, 0.717) is 12.6 Å². The second-order valence-electron chi connectivity index (χ2n) is 8.22. The highest BCUT2D eigenvalue weighted by atomic mass is 127. The molecule has 4 rings (SSSR count). The number of rotatable bonds is 6. The van der Waals surface area contributed by atoms with Crippen molar-refractivity contribution >= 4 is 41.3 Å². The third kappa shape index (κ3) is 5.94. The van der Waals surface area contributed by atoms with Crippen LogP contribution in [0.3, 0.4) is 0 Å². The minimum atomic E-state index is 0. The van der Waals surface area contributed by atoms with Crippen molar-refractivity contribution in [2.45, 2.75) is 70.1 Å².